The molecule has 0 aliphatic heterocycles. The predicted molar refractivity (Wildman–Crippen MR) is 98.0 cm³/mol. The third-order valence-electron chi connectivity index (χ3n) is 4.13. The Morgan fingerprint density at radius 1 is 0.870 bits per heavy atom. The van der Waals surface area contributed by atoms with E-state index in [1.807, 2.05) is 48.5 Å². The average molecular weight is 321 g/mol. The van der Waals surface area contributed by atoms with E-state index in [0.717, 1.165) is 16.4 Å². The maximum atomic E-state index is 9.61. The zero-order valence-electron chi connectivity index (χ0n) is 12.9. The Morgan fingerprint density at radius 3 is 1.87 bits per heavy atom. The van der Waals surface area contributed by atoms with Gasteiger partial charge in [-0.25, -0.2) is 0 Å². The molecule has 23 heavy (non-hydrogen) atoms. The van der Waals surface area contributed by atoms with Gasteiger partial charge in [0.2, 0.25) is 0 Å². The second kappa shape index (κ2) is 7.17. The highest BCUT2D eigenvalue weighted by atomic mass is 31.2. The van der Waals surface area contributed by atoms with Gasteiger partial charge in [-0.2, -0.15) is 0 Å². The maximum Gasteiger partial charge on any atom is 0.378 e. The molecule has 114 valence electrons. The molecule has 0 aliphatic rings. The monoisotopic (exact) mass is 321 g/mol. The minimum absolute atomic E-state index is 0.0488. The molecule has 0 saturated carbocycles. The van der Waals surface area contributed by atoms with Crippen molar-refractivity contribution < 1.29 is 9.52 Å². The van der Waals surface area contributed by atoms with Crippen LogP contribution in [0.2, 0.25) is 0 Å². The number of benzene rings is 2. The quantitative estimate of drug-likeness (QED) is 0.557. The predicted octanol–water partition coefficient (Wildman–Crippen LogP) is 3.46. The van der Waals surface area contributed by atoms with E-state index in [9.17, 15) is 5.11 Å². The molecule has 1 aromatic heterocycles. The molecule has 0 unspecified atom stereocenters. The first-order valence-corrected chi connectivity index (χ1v) is 9.62. The summed E-state index contributed by atoms with van der Waals surface area (Å²) in [7, 11) is 4.86. The van der Waals surface area contributed by atoms with E-state index < -0.39 is 7.14 Å². The topological polar surface area (TPSA) is 33.4 Å². The van der Waals surface area contributed by atoms with Crippen LogP contribution < -0.4 is 10.6 Å². The largest absolute Gasteiger partial charge is 0.465 e. The van der Waals surface area contributed by atoms with Crippen molar-refractivity contribution in [1.82, 2.24) is 0 Å². The fourth-order valence-electron chi connectivity index (χ4n) is 3.01. The number of hydrogen-bond donors (Lipinski definition) is 1. The molecule has 3 rings (SSSR count). The summed E-state index contributed by atoms with van der Waals surface area (Å²) >= 11 is 0. The van der Waals surface area contributed by atoms with E-state index in [1.165, 1.54) is 0 Å². The van der Waals surface area contributed by atoms with Crippen molar-refractivity contribution in [2.45, 2.75) is 12.1 Å². The zero-order valence-corrected chi connectivity index (χ0v) is 13.8. The third-order valence-corrected chi connectivity index (χ3v) is 7.93. The van der Waals surface area contributed by atoms with Gasteiger partial charge in [0.1, 0.15) is 11.4 Å². The summed E-state index contributed by atoms with van der Waals surface area (Å²) in [6.45, 7) is 0.0734. The molecule has 3 aromatic rings. The minimum atomic E-state index is -2.24. The second-order valence-electron chi connectivity index (χ2n) is 5.49. The molecule has 0 amide bonds. The van der Waals surface area contributed by atoms with Crippen LogP contribution in [0.3, 0.4) is 0 Å². The highest BCUT2D eigenvalue weighted by Gasteiger charge is 2.47. The van der Waals surface area contributed by atoms with Crippen LogP contribution in [-0.4, -0.2) is 19.3 Å². The van der Waals surface area contributed by atoms with Gasteiger partial charge >= 0.3 is 7.57 Å². The van der Waals surface area contributed by atoms with Crippen molar-refractivity contribution in [1.29, 1.82) is 0 Å². The molecule has 0 saturated heterocycles. The minimum Gasteiger partial charge on any atom is -0.465 e. The lowest BCUT2D eigenvalue weighted by Gasteiger charge is -2.30. The number of aliphatic hydroxyl groups is 1. The number of rotatable bonds is 6. The first-order valence-electron chi connectivity index (χ1n) is 7.69. The molecule has 1 heterocycles. The van der Waals surface area contributed by atoms with E-state index in [1.54, 1.807) is 6.26 Å². The maximum absolute atomic E-state index is 9.61. The number of hydrogen-bond acceptors (Lipinski definition) is 2. The van der Waals surface area contributed by atoms with Crippen LogP contribution >= 0.6 is 7.14 Å². The fourth-order valence-corrected chi connectivity index (χ4v) is 6.43. The molecule has 4 heteroatoms. The molecular formula is C19H19BO2P+. The van der Waals surface area contributed by atoms with Crippen LogP contribution in [0.25, 0.3) is 0 Å². The average Bonchev–Trinajstić information content (AvgIpc) is 3.15. The van der Waals surface area contributed by atoms with Gasteiger partial charge in [-0.15, -0.1) is 0 Å². The first-order chi connectivity index (χ1) is 11.3. The molecule has 0 bridgehead atoms. The Bertz CT molecular complexity index is 674. The lowest BCUT2D eigenvalue weighted by Crippen LogP contribution is -2.28. The molecular weight excluding hydrogens is 302 g/mol. The van der Waals surface area contributed by atoms with Gasteiger partial charge in [0, 0.05) is 20.2 Å². The zero-order chi connectivity index (χ0) is 16.1. The highest BCUT2D eigenvalue weighted by Crippen LogP contribution is 2.65. The van der Waals surface area contributed by atoms with Gasteiger partial charge in [0.25, 0.3) is 0 Å². The van der Waals surface area contributed by atoms with Gasteiger partial charge in [0.05, 0.1) is 16.9 Å². The van der Waals surface area contributed by atoms with Crippen LogP contribution in [0.5, 0.6) is 0 Å². The van der Waals surface area contributed by atoms with E-state index in [0.29, 0.717) is 6.42 Å². The van der Waals surface area contributed by atoms with Crippen LogP contribution in [0.4, 0.5) is 0 Å². The Kier molecular flexibility index (Phi) is 5.00. The van der Waals surface area contributed by atoms with Crippen LogP contribution in [-0.2, 0) is 0 Å². The van der Waals surface area contributed by atoms with Crippen molar-refractivity contribution in [2.75, 3.05) is 6.61 Å². The Balaban J connectivity index is 2.18. The molecule has 0 spiro atoms. The number of furan rings is 1. The van der Waals surface area contributed by atoms with Gasteiger partial charge in [-0.1, -0.05) is 36.4 Å². The summed E-state index contributed by atoms with van der Waals surface area (Å²) in [5.41, 5.74) is -0.0488. The van der Waals surface area contributed by atoms with Crippen molar-refractivity contribution in [2.24, 2.45) is 0 Å². The Labute approximate surface area is 138 Å². The lowest BCUT2D eigenvalue weighted by atomic mass is 10.2. The summed E-state index contributed by atoms with van der Waals surface area (Å²) < 4.78 is 5.67. The normalized spacial score (nSPS) is 12.9. The van der Waals surface area contributed by atoms with E-state index in [-0.39, 0.29) is 12.3 Å². The molecule has 1 N–H and O–H groups in total. The highest BCUT2D eigenvalue weighted by molar-refractivity contribution is 8.08. The molecule has 1 atom stereocenters. The molecule has 2 aromatic carbocycles. The van der Waals surface area contributed by atoms with Gasteiger partial charge in [-0.3, -0.25) is 0 Å². The summed E-state index contributed by atoms with van der Waals surface area (Å²) in [5, 5.41) is 11.8. The Morgan fingerprint density at radius 2 is 1.43 bits per heavy atom. The van der Waals surface area contributed by atoms with Gasteiger partial charge in [-0.05, 0) is 36.4 Å². The van der Waals surface area contributed by atoms with Crippen LogP contribution in [0.1, 0.15) is 17.8 Å². The summed E-state index contributed by atoms with van der Waals surface area (Å²) in [5.74, 6) is 0.836. The Hall–Kier alpha value is -1.83. The second-order valence-corrected chi connectivity index (χ2v) is 8.70. The summed E-state index contributed by atoms with van der Waals surface area (Å²) in [6.07, 6.45) is 2.24. The van der Waals surface area contributed by atoms with Crippen molar-refractivity contribution in [3.05, 3.63) is 84.8 Å². The van der Waals surface area contributed by atoms with Crippen LogP contribution in [0, 0.1) is 0 Å². The lowest BCUT2D eigenvalue weighted by molar-refractivity contribution is 0.282. The third kappa shape index (κ3) is 3.13. The summed E-state index contributed by atoms with van der Waals surface area (Å²) in [4.78, 5) is 0. The van der Waals surface area contributed by atoms with E-state index in [2.05, 4.69) is 24.3 Å². The van der Waals surface area contributed by atoms with Crippen molar-refractivity contribution in [3.63, 3.8) is 0 Å². The van der Waals surface area contributed by atoms with Crippen molar-refractivity contribution in [3.8, 4) is 0 Å². The standard InChI is InChI=1S/C19H19BO2P/c20-23(16-8-3-1-4-9-16,17-10-5-2-6-11-17)19(13-14-21)18-12-7-15-22-18/h1-12,15,19,21H,13-14H2/q+1/t19-/m0/s1. The van der Waals surface area contributed by atoms with E-state index in [4.69, 9.17) is 12.0 Å². The number of aliphatic hydroxyl groups excluding tert-OH is 1. The van der Waals surface area contributed by atoms with Gasteiger partial charge in [0.15, 0.2) is 0 Å². The molecule has 0 fully saturated rings. The van der Waals surface area contributed by atoms with Gasteiger partial charge < -0.3 is 9.52 Å². The molecule has 0 aliphatic carbocycles. The SMILES string of the molecule is [B][P+](c1ccccc1)(c1ccccc1)[C@@H](CCO)c1ccco1. The molecule has 2 radical (unpaired) electrons. The van der Waals surface area contributed by atoms with E-state index >= 15 is 0 Å². The smallest absolute Gasteiger partial charge is 0.378 e. The first kappa shape index (κ1) is 16.0. The molecule has 2 nitrogen and oxygen atoms in total. The van der Waals surface area contributed by atoms with Crippen molar-refractivity contribution >= 4 is 25.3 Å². The summed E-state index contributed by atoms with van der Waals surface area (Å²) in [6, 6.07) is 24.2. The fraction of sp³-hybridized carbons (Fsp3) is 0.158. The van der Waals surface area contributed by atoms with Crippen LogP contribution in [0.15, 0.2) is 83.5 Å².